The van der Waals surface area contributed by atoms with E-state index in [0.29, 0.717) is 55.6 Å². The zero-order chi connectivity index (χ0) is 91.1. The standard InChI is InChI=1S/C56H79N15O9.C20H19F6NO.C9H4N4O4/c1-29(2)18-35(25-61-42(50(58)74)19-30(3)4)66-55(79)45(21-34-24-59-28-64-34)68-48(73)27-63-56(80)49(31(5)6)71-51(75)32(7)65-54(78)44(20-33-23-60-39-14-10-8-12-36(33)39)70-52(76)41(16-17-47(57)72)69-53(77)43-22-38-37-13-9-11-15-40(37)67-46(38)26-62-43;21-19(22,23)15-9-13(10-16(11-15)20(24,25)26)12-28-17-7-4-8-27-18(17)14-5-2-1-3-6-14;10-3-4-1-5-6(2-7(4)13(16)17)12-9(15)8(14)11-5/h8-15,23-24,28-32,35,41-45,49,60-62,67H,16-22,25-27H2,1-7H3,(H2,57,72)(H2,58,74)(H,59,64)(H,63,80)(H,65,78)(H,66,79)(H,68,73)(H,69,77)(H,70,76)(H,71,75);1-3,5-6,9-11,17-18,27H,4,7-8,12H2;1-2H,(H,11,14)(H,12,15)/t32-,35-,41-,42-,43+,44-,45-,49-;17-,18-;/m00./s1. The molecule has 0 radical (unpaired) electrons. The summed E-state index contributed by atoms with van der Waals surface area (Å²) in [4.78, 5) is 172. The van der Waals surface area contributed by atoms with Crippen molar-refractivity contribution in [2.45, 2.75) is 192 Å². The Balaban J connectivity index is 0.000000315. The fourth-order valence-corrected chi connectivity index (χ4v) is 14.5. The number of rotatable bonds is 35. The maximum atomic E-state index is 14.3. The van der Waals surface area contributed by atoms with E-state index in [2.05, 4.69) is 83.1 Å². The van der Waals surface area contributed by atoms with Crippen LogP contribution >= 0.6 is 0 Å². The number of hydrogen-bond acceptors (Lipinski definition) is 19. The van der Waals surface area contributed by atoms with Gasteiger partial charge >= 0.3 is 23.5 Å². The molecule has 19 N–H and O–H groups in total. The van der Waals surface area contributed by atoms with Crippen LogP contribution in [0.15, 0.2) is 138 Å². The van der Waals surface area contributed by atoms with E-state index in [-0.39, 0.29) is 91.0 Å². The van der Waals surface area contributed by atoms with Gasteiger partial charge in [0, 0.05) is 90.0 Å². The molecule has 40 heteroatoms. The molecular formula is C85H102F6N20O14. The number of nitrogens with zero attached hydrogens (tertiary/aromatic N) is 3. The van der Waals surface area contributed by atoms with Gasteiger partial charge in [0.2, 0.25) is 53.2 Å². The number of para-hydroxylation sites is 2. The molecule has 0 bridgehead atoms. The molecule has 2 aliphatic rings. The van der Waals surface area contributed by atoms with Crippen LogP contribution in [-0.2, 0) is 92.7 Å². The molecule has 125 heavy (non-hydrogen) atoms. The second-order valence-electron chi connectivity index (χ2n) is 31.8. The lowest BCUT2D eigenvalue weighted by atomic mass is 9.94. The number of ether oxygens (including phenoxy) is 1. The minimum atomic E-state index is -4.87. The van der Waals surface area contributed by atoms with Gasteiger partial charge in [0.05, 0.1) is 70.8 Å². The fraction of sp³-hybridized carbons (Fsp3) is 0.424. The predicted molar refractivity (Wildman–Crippen MR) is 448 cm³/mol. The van der Waals surface area contributed by atoms with Crippen molar-refractivity contribution in [3.8, 4) is 6.07 Å². The van der Waals surface area contributed by atoms with E-state index in [4.69, 9.17) is 21.5 Å². The summed E-state index contributed by atoms with van der Waals surface area (Å²) in [6, 6.07) is 21.8. The van der Waals surface area contributed by atoms with Crippen LogP contribution in [0.1, 0.15) is 143 Å². The molecular weight excluding hydrogens is 1640 g/mol. The van der Waals surface area contributed by atoms with Crippen molar-refractivity contribution >= 4 is 91.7 Å². The number of nitriles is 1. The van der Waals surface area contributed by atoms with Crippen molar-refractivity contribution in [3.63, 3.8) is 0 Å². The molecule has 0 spiro atoms. The van der Waals surface area contributed by atoms with Gasteiger partial charge in [-0.1, -0.05) is 108 Å². The summed E-state index contributed by atoms with van der Waals surface area (Å²) in [5.74, 6) is -6.09. The SMILES string of the molecule is CC(C)C[C@@H](CN[C@@H](CC(C)C)C(N)=O)NC(=O)[C@H](Cc1cnc[nH]1)NC(=O)CNC(=O)[C@@H](NC(=O)[C@H](C)NC(=O)[C@H](Cc1c[nH]c2ccccc12)NC(=O)[C@H](CCC(N)=O)NC(=O)[C@H]1Cc2c([nH]c3ccccc23)CN1)C(C)C.FC(F)(F)c1cc(CO[C@H]2CCCN[C@H]2c2ccccc2)cc(C(F)(F)F)c1.N#Cc1cc2[nH]c(=O)c(=O)[nH]c2cc1[N+](=O)[O-]. The number of nitro groups is 1. The van der Waals surface area contributed by atoms with Crippen molar-refractivity contribution in [1.29, 1.82) is 5.26 Å². The molecule has 11 rings (SSSR count). The van der Waals surface area contributed by atoms with Crippen molar-refractivity contribution in [3.05, 3.63) is 209 Å². The number of aromatic amines is 5. The molecule has 2 aliphatic heterocycles. The minimum absolute atomic E-state index is 0.0313. The van der Waals surface area contributed by atoms with Gasteiger partial charge in [-0.2, -0.15) is 31.6 Å². The molecule has 5 aromatic carbocycles. The summed E-state index contributed by atoms with van der Waals surface area (Å²) in [5, 5.41) is 50.0. The van der Waals surface area contributed by atoms with Crippen LogP contribution in [0, 0.1) is 39.2 Å². The van der Waals surface area contributed by atoms with Crippen LogP contribution in [0.4, 0.5) is 32.0 Å². The third-order valence-corrected chi connectivity index (χ3v) is 20.8. The van der Waals surface area contributed by atoms with Gasteiger partial charge in [-0.15, -0.1) is 0 Å². The summed E-state index contributed by atoms with van der Waals surface area (Å²) in [6.45, 7) is 13.2. The highest BCUT2D eigenvalue weighted by Gasteiger charge is 2.39. The third kappa shape index (κ3) is 27.4. The molecule has 4 aromatic heterocycles. The Hall–Kier alpha value is -13.1. The molecule has 9 aromatic rings. The lowest BCUT2D eigenvalue weighted by Gasteiger charge is -2.33. The number of primary amides is 2. The van der Waals surface area contributed by atoms with E-state index >= 15 is 0 Å². The maximum absolute atomic E-state index is 14.3. The Labute approximate surface area is 712 Å². The average Bonchev–Trinajstić information content (AvgIpc) is 1.59. The Bertz CT molecular complexity index is 5440. The van der Waals surface area contributed by atoms with Gasteiger partial charge in [-0.25, -0.2) is 4.98 Å². The van der Waals surface area contributed by atoms with E-state index in [0.717, 1.165) is 63.7 Å². The van der Waals surface area contributed by atoms with Crippen LogP contribution in [0.3, 0.4) is 0 Å². The topological polar surface area (TPSA) is 528 Å². The summed E-state index contributed by atoms with van der Waals surface area (Å²) >= 11 is 0. The number of hydrogen-bond donors (Lipinski definition) is 17. The van der Waals surface area contributed by atoms with Crippen LogP contribution < -0.4 is 75.8 Å². The second kappa shape index (κ2) is 43.8. The van der Waals surface area contributed by atoms with Gasteiger partial charge < -0.3 is 89.0 Å². The molecule has 668 valence electrons. The molecule has 0 aliphatic carbocycles. The average molecular weight is 1740 g/mol. The zero-order valence-electron chi connectivity index (χ0n) is 69.5. The largest absolute Gasteiger partial charge is 0.416 e. The number of nitrogens with two attached hydrogens (primary N) is 2. The maximum Gasteiger partial charge on any atom is 0.416 e. The first-order valence-corrected chi connectivity index (χ1v) is 40.5. The van der Waals surface area contributed by atoms with Gasteiger partial charge in [0.15, 0.2) is 0 Å². The van der Waals surface area contributed by atoms with E-state index in [1.165, 1.54) is 19.4 Å². The molecule has 1 fully saturated rings. The Morgan fingerprint density at radius 2 is 1.29 bits per heavy atom. The van der Waals surface area contributed by atoms with Gasteiger partial charge in [0.25, 0.3) is 5.69 Å². The Morgan fingerprint density at radius 3 is 1.90 bits per heavy atom. The number of benzene rings is 5. The molecule has 1 saturated heterocycles. The summed E-state index contributed by atoms with van der Waals surface area (Å²) < 4.78 is 83.8. The molecule has 9 amide bonds. The fourth-order valence-electron chi connectivity index (χ4n) is 14.5. The smallest absolute Gasteiger partial charge is 0.372 e. The summed E-state index contributed by atoms with van der Waals surface area (Å²) in [5.41, 5.74) is 12.0. The van der Waals surface area contributed by atoms with E-state index in [9.17, 15) is 89.2 Å². The first-order valence-electron chi connectivity index (χ1n) is 40.5. The number of fused-ring (bicyclic) bond motifs is 5. The monoisotopic (exact) mass is 1740 g/mol. The Morgan fingerprint density at radius 1 is 0.664 bits per heavy atom. The lowest BCUT2D eigenvalue weighted by Crippen LogP contribution is -2.60. The number of aromatic nitrogens is 6. The van der Waals surface area contributed by atoms with Crippen molar-refractivity contribution in [1.82, 2.24) is 83.1 Å². The lowest BCUT2D eigenvalue weighted by molar-refractivity contribution is -0.385. The van der Waals surface area contributed by atoms with E-state index in [1.807, 2.05) is 107 Å². The number of amides is 9. The highest BCUT2D eigenvalue weighted by molar-refractivity contribution is 5.98. The first-order chi connectivity index (χ1) is 59.2. The van der Waals surface area contributed by atoms with Crippen molar-refractivity contribution < 1.29 is 79.2 Å². The number of nitrogens with one attached hydrogen (secondary N) is 15. The van der Waals surface area contributed by atoms with Crippen molar-refractivity contribution in [2.75, 3.05) is 19.6 Å². The number of imidazole rings is 1. The number of piperidine rings is 1. The predicted octanol–water partition coefficient (Wildman–Crippen LogP) is 6.10. The quantitative estimate of drug-likeness (QED) is 0.00922. The summed E-state index contributed by atoms with van der Waals surface area (Å²) in [7, 11) is 0. The van der Waals surface area contributed by atoms with E-state index in [1.54, 1.807) is 26.1 Å². The van der Waals surface area contributed by atoms with Gasteiger partial charge in [0.1, 0.15) is 41.8 Å². The molecule has 10 atom stereocenters. The number of carbonyl (C=O) groups is 9. The van der Waals surface area contributed by atoms with Crippen LogP contribution in [0.2, 0.25) is 0 Å². The van der Waals surface area contributed by atoms with Crippen LogP contribution in [0.25, 0.3) is 32.8 Å². The Kier molecular flexibility index (Phi) is 33.5. The second-order valence-corrected chi connectivity index (χ2v) is 31.8. The molecule has 0 unspecified atom stereocenters. The van der Waals surface area contributed by atoms with Gasteiger partial charge in [-0.3, -0.25) is 68.2 Å². The normalized spacial score (nSPS) is 16.2. The third-order valence-electron chi connectivity index (χ3n) is 20.8. The molecule has 6 heterocycles. The number of H-pyrrole nitrogens is 5. The van der Waals surface area contributed by atoms with E-state index < -0.39 is 159 Å². The zero-order valence-corrected chi connectivity index (χ0v) is 69.5. The highest BCUT2D eigenvalue weighted by atomic mass is 19.4. The number of nitro benzene ring substituents is 1. The minimum Gasteiger partial charge on any atom is -0.372 e. The first kappa shape index (κ1) is 95.7. The number of halogens is 6. The number of alkyl halides is 6. The van der Waals surface area contributed by atoms with Crippen molar-refractivity contribution in [2.24, 2.45) is 29.2 Å². The number of carbonyl (C=O) groups excluding carboxylic acids is 9. The van der Waals surface area contributed by atoms with Gasteiger partial charge in [-0.05, 0) is 128 Å². The summed E-state index contributed by atoms with van der Waals surface area (Å²) in [6.07, 6.45) is -3.01. The highest BCUT2D eigenvalue weighted by Crippen LogP contribution is 2.38. The molecule has 0 saturated carbocycles. The van der Waals surface area contributed by atoms with Crippen LogP contribution in [0.5, 0.6) is 0 Å². The van der Waals surface area contributed by atoms with Crippen LogP contribution in [-0.4, -0.2) is 162 Å². The molecule has 34 nitrogen and oxygen atoms in total.